The van der Waals surface area contributed by atoms with Crippen LogP contribution in [0.25, 0.3) is 0 Å². The molecule has 1 fully saturated rings. The number of benzene rings is 1. The number of nitrogen functional groups attached to an aromatic ring is 1. The maximum Gasteiger partial charge on any atom is 0.0670 e. The molecule has 0 saturated carbocycles. The molecule has 0 amide bonds. The molecule has 1 aromatic carbocycles. The van der Waals surface area contributed by atoms with E-state index in [4.69, 9.17) is 11.0 Å². The minimum Gasteiger partial charge on any atom is -0.398 e. The van der Waals surface area contributed by atoms with E-state index < -0.39 is 0 Å². The highest BCUT2D eigenvalue weighted by Gasteiger charge is 2.24. The second-order valence-electron chi connectivity index (χ2n) is 5.00. The maximum absolute atomic E-state index is 9.74. The van der Waals surface area contributed by atoms with Gasteiger partial charge in [0.2, 0.25) is 0 Å². The first-order valence-electron chi connectivity index (χ1n) is 6.30. The zero-order valence-electron chi connectivity index (χ0n) is 10.6. The Morgan fingerprint density at radius 2 is 2.33 bits per heavy atom. The fourth-order valence-corrected chi connectivity index (χ4v) is 2.39. The van der Waals surface area contributed by atoms with Crippen LogP contribution in [0, 0.1) is 17.2 Å². The van der Waals surface area contributed by atoms with E-state index in [1.54, 1.807) is 0 Å². The normalized spacial score (nSPS) is 23.7. The summed E-state index contributed by atoms with van der Waals surface area (Å²) in [5, 5.41) is 18.5. The fourth-order valence-electron chi connectivity index (χ4n) is 2.39. The molecule has 1 saturated heterocycles. The summed E-state index contributed by atoms with van der Waals surface area (Å²) in [6.07, 6.45) is 0.929. The van der Waals surface area contributed by atoms with E-state index in [0.29, 0.717) is 12.1 Å². The summed E-state index contributed by atoms with van der Waals surface area (Å²) >= 11 is 0. The van der Waals surface area contributed by atoms with Crippen LogP contribution in [0.2, 0.25) is 0 Å². The Labute approximate surface area is 108 Å². The standard InChI is InChI=1S/C14H19N3O/c1-10-9-17(7-5-14(10)18)12-2-3-13(16)11(8-12)4-6-15/h2-3,8,10,14,18H,4-5,7,9,16H2,1H3. The van der Waals surface area contributed by atoms with Gasteiger partial charge in [0.05, 0.1) is 18.6 Å². The van der Waals surface area contributed by atoms with Gasteiger partial charge >= 0.3 is 0 Å². The molecule has 0 aromatic heterocycles. The number of aliphatic hydroxyl groups is 1. The molecule has 1 heterocycles. The second kappa shape index (κ2) is 5.28. The quantitative estimate of drug-likeness (QED) is 0.775. The highest BCUT2D eigenvalue weighted by Crippen LogP contribution is 2.26. The van der Waals surface area contributed by atoms with Gasteiger partial charge in [0.15, 0.2) is 0 Å². The van der Waals surface area contributed by atoms with Gasteiger partial charge in [-0.1, -0.05) is 6.92 Å². The lowest BCUT2D eigenvalue weighted by Crippen LogP contribution is -2.42. The maximum atomic E-state index is 9.74. The highest BCUT2D eigenvalue weighted by molar-refractivity contribution is 5.59. The highest BCUT2D eigenvalue weighted by atomic mass is 16.3. The van der Waals surface area contributed by atoms with Crippen LogP contribution in [0.5, 0.6) is 0 Å². The SMILES string of the molecule is CC1CN(c2ccc(N)c(CC#N)c2)CCC1O. The van der Waals surface area contributed by atoms with E-state index in [2.05, 4.69) is 17.9 Å². The Morgan fingerprint density at radius 1 is 1.56 bits per heavy atom. The number of aliphatic hydroxyl groups excluding tert-OH is 1. The average Bonchev–Trinajstić information content (AvgIpc) is 2.36. The zero-order chi connectivity index (χ0) is 13.1. The molecule has 4 nitrogen and oxygen atoms in total. The zero-order valence-corrected chi connectivity index (χ0v) is 10.6. The molecule has 96 valence electrons. The van der Waals surface area contributed by atoms with Crippen molar-refractivity contribution in [3.05, 3.63) is 23.8 Å². The molecular weight excluding hydrogens is 226 g/mol. The lowest BCUT2D eigenvalue weighted by Gasteiger charge is -2.36. The Morgan fingerprint density at radius 3 is 3.00 bits per heavy atom. The number of hydrogen-bond acceptors (Lipinski definition) is 4. The Hall–Kier alpha value is -1.73. The minimum absolute atomic E-state index is 0.200. The van der Waals surface area contributed by atoms with Crippen molar-refractivity contribution >= 4 is 11.4 Å². The molecule has 0 bridgehead atoms. The van der Waals surface area contributed by atoms with Gasteiger partial charge in [0, 0.05) is 24.5 Å². The first-order valence-corrected chi connectivity index (χ1v) is 6.30. The van der Waals surface area contributed by atoms with Crippen molar-refractivity contribution in [3.8, 4) is 6.07 Å². The summed E-state index contributed by atoms with van der Waals surface area (Å²) in [4.78, 5) is 2.25. The smallest absolute Gasteiger partial charge is 0.0670 e. The van der Waals surface area contributed by atoms with Crippen molar-refractivity contribution in [2.75, 3.05) is 23.7 Å². The Kier molecular flexibility index (Phi) is 3.73. The molecule has 1 aromatic rings. The number of piperidine rings is 1. The molecule has 0 radical (unpaired) electrons. The molecule has 2 unspecified atom stereocenters. The summed E-state index contributed by atoms with van der Waals surface area (Å²) in [6.45, 7) is 3.75. The van der Waals surface area contributed by atoms with Gasteiger partial charge in [-0.25, -0.2) is 0 Å². The second-order valence-corrected chi connectivity index (χ2v) is 5.00. The monoisotopic (exact) mass is 245 g/mol. The third-order valence-corrected chi connectivity index (χ3v) is 3.62. The molecule has 3 N–H and O–H groups in total. The van der Waals surface area contributed by atoms with E-state index in [1.807, 2.05) is 18.2 Å². The van der Waals surface area contributed by atoms with Crippen molar-refractivity contribution in [3.63, 3.8) is 0 Å². The number of nitrogens with two attached hydrogens (primary N) is 1. The van der Waals surface area contributed by atoms with Gasteiger partial charge in [-0.15, -0.1) is 0 Å². The molecule has 18 heavy (non-hydrogen) atoms. The first kappa shape index (κ1) is 12.7. The van der Waals surface area contributed by atoms with Crippen LogP contribution in [-0.4, -0.2) is 24.3 Å². The van der Waals surface area contributed by atoms with Crippen molar-refractivity contribution in [1.29, 1.82) is 5.26 Å². The van der Waals surface area contributed by atoms with Crippen molar-refractivity contribution in [1.82, 2.24) is 0 Å². The fraction of sp³-hybridized carbons (Fsp3) is 0.500. The summed E-state index contributed by atoms with van der Waals surface area (Å²) in [5.41, 5.74) is 8.49. The number of nitrogens with zero attached hydrogens (tertiary/aromatic N) is 2. The van der Waals surface area contributed by atoms with Crippen molar-refractivity contribution in [2.24, 2.45) is 5.92 Å². The number of hydrogen-bond donors (Lipinski definition) is 2. The Balaban J connectivity index is 2.19. The van der Waals surface area contributed by atoms with E-state index in [9.17, 15) is 5.11 Å². The minimum atomic E-state index is -0.200. The lowest BCUT2D eigenvalue weighted by molar-refractivity contribution is 0.0971. The molecule has 1 aliphatic heterocycles. The molecular formula is C14H19N3O. The van der Waals surface area contributed by atoms with Gasteiger partial charge in [-0.3, -0.25) is 0 Å². The van der Waals surface area contributed by atoms with Gasteiger partial charge in [0.25, 0.3) is 0 Å². The van der Waals surface area contributed by atoms with Crippen LogP contribution < -0.4 is 10.6 Å². The first-order chi connectivity index (χ1) is 8.61. The van der Waals surface area contributed by atoms with Crippen molar-refractivity contribution < 1.29 is 5.11 Å². The number of anilines is 2. The largest absolute Gasteiger partial charge is 0.398 e. The van der Waals surface area contributed by atoms with Gasteiger partial charge in [-0.2, -0.15) is 5.26 Å². The summed E-state index contributed by atoms with van der Waals surface area (Å²) < 4.78 is 0. The van der Waals surface area contributed by atoms with Gasteiger partial charge < -0.3 is 15.7 Å². The number of rotatable bonds is 2. The molecule has 2 atom stereocenters. The Bertz CT molecular complexity index is 467. The van der Waals surface area contributed by atoms with Crippen LogP contribution in [-0.2, 0) is 6.42 Å². The van der Waals surface area contributed by atoms with Crippen LogP contribution in [0.4, 0.5) is 11.4 Å². The predicted octanol–water partition coefficient (Wildman–Crippen LogP) is 1.54. The third-order valence-electron chi connectivity index (χ3n) is 3.62. The average molecular weight is 245 g/mol. The third kappa shape index (κ3) is 2.57. The van der Waals surface area contributed by atoms with E-state index in [-0.39, 0.29) is 12.0 Å². The molecule has 0 aliphatic carbocycles. The summed E-state index contributed by atoms with van der Waals surface area (Å²) in [6, 6.07) is 7.97. The van der Waals surface area contributed by atoms with Crippen molar-refractivity contribution in [2.45, 2.75) is 25.9 Å². The van der Waals surface area contributed by atoms with Crippen LogP contribution in [0.15, 0.2) is 18.2 Å². The van der Waals surface area contributed by atoms with E-state index in [1.165, 1.54) is 0 Å². The molecule has 2 rings (SSSR count). The predicted molar refractivity (Wildman–Crippen MR) is 72.2 cm³/mol. The van der Waals surface area contributed by atoms with E-state index in [0.717, 1.165) is 30.8 Å². The van der Waals surface area contributed by atoms with Gasteiger partial charge in [-0.05, 0) is 36.1 Å². The molecule has 1 aliphatic rings. The van der Waals surface area contributed by atoms with Gasteiger partial charge in [0.1, 0.15) is 0 Å². The van der Waals surface area contributed by atoms with E-state index >= 15 is 0 Å². The summed E-state index contributed by atoms with van der Waals surface area (Å²) in [7, 11) is 0. The topological polar surface area (TPSA) is 73.3 Å². The van der Waals surface area contributed by atoms with Crippen LogP contribution >= 0.6 is 0 Å². The molecule has 0 spiro atoms. The molecule has 4 heteroatoms. The van der Waals surface area contributed by atoms with Crippen LogP contribution in [0.3, 0.4) is 0 Å². The lowest BCUT2D eigenvalue weighted by atomic mass is 9.96. The summed E-state index contributed by atoms with van der Waals surface area (Å²) in [5.74, 6) is 0.274. The van der Waals surface area contributed by atoms with Crippen LogP contribution in [0.1, 0.15) is 18.9 Å². The number of nitriles is 1.